The highest BCUT2D eigenvalue weighted by molar-refractivity contribution is 7.99. The number of halogens is 1. The molecule has 0 aliphatic heterocycles. The highest BCUT2D eigenvalue weighted by Gasteiger charge is 2.31. The van der Waals surface area contributed by atoms with Crippen LogP contribution in [0.1, 0.15) is 29.6 Å². The summed E-state index contributed by atoms with van der Waals surface area (Å²) in [5.41, 5.74) is 0.138. The van der Waals surface area contributed by atoms with E-state index in [1.54, 1.807) is 32.3 Å². The summed E-state index contributed by atoms with van der Waals surface area (Å²) in [6.45, 7) is 0. The number of carbonyl (C=O) groups excluding carboxylic acids is 2. The first-order valence-electron chi connectivity index (χ1n) is 7.50. The van der Waals surface area contributed by atoms with Gasteiger partial charge >= 0.3 is 5.69 Å². The van der Waals surface area contributed by atoms with Gasteiger partial charge in [0.1, 0.15) is 5.78 Å². The van der Waals surface area contributed by atoms with Crippen LogP contribution in [0.5, 0.6) is 0 Å². The van der Waals surface area contributed by atoms with E-state index in [4.69, 9.17) is 11.6 Å². The molecular weight excluding hydrogens is 350 g/mol. The molecule has 0 N–H and O–H groups in total. The van der Waals surface area contributed by atoms with Crippen molar-refractivity contribution < 1.29 is 9.59 Å². The van der Waals surface area contributed by atoms with Crippen LogP contribution in [0.25, 0.3) is 0 Å². The Morgan fingerprint density at radius 1 is 1.33 bits per heavy atom. The average molecular weight is 366 g/mol. The molecule has 1 fully saturated rings. The Morgan fingerprint density at radius 3 is 2.58 bits per heavy atom. The van der Waals surface area contributed by atoms with Crippen LogP contribution in [0.3, 0.4) is 0 Å². The predicted octanol–water partition coefficient (Wildman–Crippen LogP) is 2.48. The average Bonchev–Trinajstić information content (AvgIpc) is 3.34. The number of hydrogen-bond donors (Lipinski definition) is 0. The lowest BCUT2D eigenvalue weighted by atomic mass is 10.0. The lowest BCUT2D eigenvalue weighted by Crippen LogP contribution is -2.20. The van der Waals surface area contributed by atoms with Gasteiger partial charge in [-0.05, 0) is 42.8 Å². The third kappa shape index (κ3) is 3.47. The Bertz CT molecular complexity index is 883. The molecule has 1 aliphatic carbocycles. The molecule has 0 saturated heterocycles. The van der Waals surface area contributed by atoms with Gasteiger partial charge in [-0.2, -0.15) is 0 Å². The first kappa shape index (κ1) is 17.0. The maximum absolute atomic E-state index is 12.2. The highest BCUT2D eigenvalue weighted by atomic mass is 35.5. The first-order valence-corrected chi connectivity index (χ1v) is 8.69. The first-order chi connectivity index (χ1) is 11.4. The summed E-state index contributed by atoms with van der Waals surface area (Å²) in [5, 5.41) is 4.96. The van der Waals surface area contributed by atoms with Crippen molar-refractivity contribution in [3.05, 3.63) is 39.3 Å². The van der Waals surface area contributed by atoms with Crippen molar-refractivity contribution in [2.24, 2.45) is 20.0 Å². The number of ketones is 2. The lowest BCUT2D eigenvalue weighted by Gasteiger charge is -2.06. The Balaban J connectivity index is 1.76. The minimum atomic E-state index is -0.251. The molecule has 3 rings (SSSR count). The van der Waals surface area contributed by atoms with Crippen molar-refractivity contribution in [1.82, 2.24) is 14.3 Å². The number of carbonyl (C=O) groups is 2. The molecule has 1 heterocycles. The van der Waals surface area contributed by atoms with Gasteiger partial charge in [0.05, 0.1) is 11.4 Å². The predicted molar refractivity (Wildman–Crippen MR) is 90.7 cm³/mol. The third-order valence-corrected chi connectivity index (χ3v) is 5.24. The molecule has 2 aromatic rings. The lowest BCUT2D eigenvalue weighted by molar-refractivity contribution is -0.119. The van der Waals surface area contributed by atoms with Crippen molar-refractivity contribution in [2.45, 2.75) is 29.3 Å². The monoisotopic (exact) mass is 365 g/mol. The van der Waals surface area contributed by atoms with Crippen molar-refractivity contribution >= 4 is 34.9 Å². The molecule has 1 saturated carbocycles. The summed E-state index contributed by atoms with van der Waals surface area (Å²) in [7, 11) is 3.22. The zero-order chi connectivity index (χ0) is 17.4. The molecule has 0 bridgehead atoms. The van der Waals surface area contributed by atoms with Gasteiger partial charge in [-0.1, -0.05) is 11.6 Å². The van der Waals surface area contributed by atoms with Crippen molar-refractivity contribution in [2.75, 3.05) is 0 Å². The second kappa shape index (κ2) is 6.57. The summed E-state index contributed by atoms with van der Waals surface area (Å²) in [5.74, 6) is -0.190. The van der Waals surface area contributed by atoms with Gasteiger partial charge in [-0.3, -0.25) is 14.2 Å². The summed E-state index contributed by atoms with van der Waals surface area (Å²) < 4.78 is 2.69. The normalized spacial score (nSPS) is 14.0. The Labute approximate surface area is 147 Å². The topological polar surface area (TPSA) is 74.0 Å². The molecule has 0 spiro atoms. The molecule has 1 aromatic heterocycles. The fourth-order valence-electron chi connectivity index (χ4n) is 2.32. The molecular formula is C16H16ClN3O3S. The summed E-state index contributed by atoms with van der Waals surface area (Å²) >= 11 is 7.49. The summed E-state index contributed by atoms with van der Waals surface area (Å²) in [4.78, 5) is 36.4. The third-order valence-electron chi connectivity index (χ3n) is 3.90. The second-order valence-corrected chi connectivity index (χ2v) is 7.28. The number of benzene rings is 1. The number of aryl methyl sites for hydroxylation is 1. The number of hydrogen-bond acceptors (Lipinski definition) is 5. The maximum atomic E-state index is 12.2. The van der Waals surface area contributed by atoms with Crippen molar-refractivity contribution in [1.29, 1.82) is 0 Å². The Morgan fingerprint density at radius 2 is 2.04 bits per heavy atom. The van der Waals surface area contributed by atoms with E-state index in [9.17, 15) is 14.4 Å². The highest BCUT2D eigenvalue weighted by Crippen LogP contribution is 2.33. The van der Waals surface area contributed by atoms with E-state index in [0.29, 0.717) is 15.7 Å². The van der Waals surface area contributed by atoms with Gasteiger partial charge in [0.2, 0.25) is 0 Å². The molecule has 8 heteroatoms. The smallest absolute Gasteiger partial charge is 0.299 e. The molecule has 0 radical (unpaired) electrons. The van der Waals surface area contributed by atoms with Crippen molar-refractivity contribution in [3.8, 4) is 0 Å². The van der Waals surface area contributed by atoms with E-state index in [0.717, 1.165) is 17.7 Å². The standard InChI is InChI=1S/C16H16ClN3O3S/c1-19-15(18-20(2)16(19)23)24-10-5-6-11(12(17)7-10)14(22)8-13(21)9-3-4-9/h5-7,9H,3-4,8H2,1-2H3. The zero-order valence-corrected chi connectivity index (χ0v) is 14.9. The van der Waals surface area contributed by atoms with Crippen LogP contribution in [0, 0.1) is 5.92 Å². The fourth-order valence-corrected chi connectivity index (χ4v) is 3.57. The van der Waals surface area contributed by atoms with Crippen LogP contribution in [0.15, 0.2) is 33.0 Å². The molecule has 1 aliphatic rings. The van der Waals surface area contributed by atoms with E-state index in [-0.39, 0.29) is 29.6 Å². The van der Waals surface area contributed by atoms with E-state index in [2.05, 4.69) is 5.10 Å². The van der Waals surface area contributed by atoms with E-state index < -0.39 is 0 Å². The number of nitrogens with zero attached hydrogens (tertiary/aromatic N) is 3. The van der Waals surface area contributed by atoms with Crippen LogP contribution in [0.4, 0.5) is 0 Å². The Kier molecular flexibility index (Phi) is 4.64. The number of rotatable bonds is 6. The summed E-state index contributed by atoms with van der Waals surface area (Å²) in [6.07, 6.45) is 1.68. The van der Waals surface area contributed by atoms with E-state index >= 15 is 0 Å². The molecule has 0 unspecified atom stereocenters. The van der Waals surface area contributed by atoms with Gasteiger partial charge in [0, 0.05) is 30.5 Å². The van der Waals surface area contributed by atoms with Gasteiger partial charge in [-0.15, -0.1) is 5.10 Å². The van der Waals surface area contributed by atoms with Crippen LogP contribution in [0.2, 0.25) is 5.02 Å². The quantitative estimate of drug-likeness (QED) is 0.580. The van der Waals surface area contributed by atoms with Crippen molar-refractivity contribution in [3.63, 3.8) is 0 Å². The van der Waals surface area contributed by atoms with Gasteiger partial charge in [0.15, 0.2) is 10.9 Å². The fraction of sp³-hybridized carbons (Fsp3) is 0.375. The molecule has 0 amide bonds. The SMILES string of the molecule is Cn1nc(Sc2ccc(C(=O)CC(=O)C3CC3)c(Cl)c2)n(C)c1=O. The molecule has 6 nitrogen and oxygen atoms in total. The zero-order valence-electron chi connectivity index (χ0n) is 13.3. The number of aromatic nitrogens is 3. The van der Waals surface area contributed by atoms with Crippen LogP contribution in [-0.4, -0.2) is 25.9 Å². The minimum absolute atomic E-state index is 0.00185. The number of Topliss-reactive ketones (excluding diaryl/α,β-unsaturated/α-hetero) is 2. The molecule has 1 aromatic carbocycles. The largest absolute Gasteiger partial charge is 0.346 e. The Hall–Kier alpha value is -1.86. The second-order valence-electron chi connectivity index (χ2n) is 5.83. The van der Waals surface area contributed by atoms with Crippen LogP contribution >= 0.6 is 23.4 Å². The van der Waals surface area contributed by atoms with Crippen LogP contribution in [-0.2, 0) is 18.9 Å². The molecule has 126 valence electrons. The van der Waals surface area contributed by atoms with E-state index in [1.807, 2.05) is 0 Å². The van der Waals surface area contributed by atoms with Gasteiger partial charge in [0.25, 0.3) is 0 Å². The summed E-state index contributed by atoms with van der Waals surface area (Å²) in [6, 6.07) is 5.01. The van der Waals surface area contributed by atoms with Crippen LogP contribution < -0.4 is 5.69 Å². The minimum Gasteiger partial charge on any atom is -0.299 e. The maximum Gasteiger partial charge on any atom is 0.346 e. The van der Waals surface area contributed by atoms with Gasteiger partial charge < -0.3 is 0 Å². The molecule has 0 atom stereocenters. The van der Waals surface area contributed by atoms with E-state index in [1.165, 1.54) is 21.0 Å². The van der Waals surface area contributed by atoms with Gasteiger partial charge in [-0.25, -0.2) is 9.48 Å². The molecule has 24 heavy (non-hydrogen) atoms.